The maximum Gasteiger partial charge on any atom is 0.277 e. The van der Waals surface area contributed by atoms with Gasteiger partial charge in [0.15, 0.2) is 6.61 Å². The molecule has 0 fully saturated rings. The third-order valence-electron chi connectivity index (χ3n) is 3.88. The molecule has 138 valence electrons. The lowest BCUT2D eigenvalue weighted by atomic mass is 9.99. The molecule has 0 aliphatic rings. The number of benzene rings is 2. The van der Waals surface area contributed by atoms with Gasteiger partial charge in [0, 0.05) is 10.0 Å². The number of halogens is 2. The largest absolute Gasteiger partial charge is 0.506 e. The number of hydrazone groups is 1. The lowest BCUT2D eigenvalue weighted by Gasteiger charge is -2.10. The van der Waals surface area contributed by atoms with Crippen LogP contribution in [-0.4, -0.2) is 23.8 Å². The monoisotopic (exact) mass is 438 g/mol. The molecule has 1 atom stereocenters. The van der Waals surface area contributed by atoms with Gasteiger partial charge in [0.05, 0.1) is 11.2 Å². The SMILES string of the molecule is CC[C@@H](C)c1ccc(OCC(=O)N/N=C/c2cc(Br)cc(Cl)c2O)cc1. The predicted molar refractivity (Wildman–Crippen MR) is 107 cm³/mol. The van der Waals surface area contributed by atoms with Crippen molar-refractivity contribution in [3.05, 3.63) is 57.0 Å². The Morgan fingerprint density at radius 3 is 2.73 bits per heavy atom. The number of hydrogen-bond donors (Lipinski definition) is 2. The highest BCUT2D eigenvalue weighted by atomic mass is 79.9. The molecule has 0 aromatic heterocycles. The quantitative estimate of drug-likeness (QED) is 0.478. The van der Waals surface area contributed by atoms with E-state index in [9.17, 15) is 9.90 Å². The van der Waals surface area contributed by atoms with Gasteiger partial charge in [-0.15, -0.1) is 0 Å². The number of nitrogens with one attached hydrogen (secondary N) is 1. The second-order valence-electron chi connectivity index (χ2n) is 5.79. The van der Waals surface area contributed by atoms with E-state index in [2.05, 4.69) is 40.3 Å². The molecular weight excluding hydrogens is 420 g/mol. The summed E-state index contributed by atoms with van der Waals surface area (Å²) in [5, 5.41) is 13.8. The minimum absolute atomic E-state index is 0.106. The number of phenolic OH excluding ortho intramolecular Hbond substituents is 1. The fourth-order valence-corrected chi connectivity index (χ4v) is 3.00. The molecule has 0 unspecified atom stereocenters. The molecule has 0 aliphatic heterocycles. The fraction of sp³-hybridized carbons (Fsp3) is 0.263. The summed E-state index contributed by atoms with van der Waals surface area (Å²) in [7, 11) is 0. The number of aromatic hydroxyl groups is 1. The minimum atomic E-state index is -0.409. The van der Waals surface area contributed by atoms with Gasteiger partial charge in [-0.2, -0.15) is 5.10 Å². The van der Waals surface area contributed by atoms with Gasteiger partial charge in [-0.25, -0.2) is 5.43 Å². The number of rotatable bonds is 7. The van der Waals surface area contributed by atoms with E-state index in [1.54, 1.807) is 12.1 Å². The Morgan fingerprint density at radius 1 is 1.38 bits per heavy atom. The Balaban J connectivity index is 1.86. The summed E-state index contributed by atoms with van der Waals surface area (Å²) in [5.74, 6) is 0.593. The number of carbonyl (C=O) groups excluding carboxylic acids is 1. The van der Waals surface area contributed by atoms with E-state index in [1.165, 1.54) is 11.8 Å². The summed E-state index contributed by atoms with van der Waals surface area (Å²) in [4.78, 5) is 11.8. The van der Waals surface area contributed by atoms with Crippen molar-refractivity contribution in [1.29, 1.82) is 0 Å². The van der Waals surface area contributed by atoms with Crippen molar-refractivity contribution in [3.8, 4) is 11.5 Å². The smallest absolute Gasteiger partial charge is 0.277 e. The van der Waals surface area contributed by atoms with Crippen molar-refractivity contribution in [3.63, 3.8) is 0 Å². The summed E-state index contributed by atoms with van der Waals surface area (Å²) in [5.41, 5.74) is 3.96. The van der Waals surface area contributed by atoms with E-state index >= 15 is 0 Å². The molecule has 2 aromatic rings. The van der Waals surface area contributed by atoms with Crippen molar-refractivity contribution >= 4 is 39.7 Å². The van der Waals surface area contributed by atoms with E-state index in [4.69, 9.17) is 16.3 Å². The molecule has 0 heterocycles. The molecule has 1 amide bonds. The lowest BCUT2D eigenvalue weighted by molar-refractivity contribution is -0.123. The molecule has 0 saturated heterocycles. The summed E-state index contributed by atoms with van der Waals surface area (Å²) >= 11 is 9.14. The van der Waals surface area contributed by atoms with Crippen molar-refractivity contribution < 1.29 is 14.6 Å². The molecule has 2 aromatic carbocycles. The van der Waals surface area contributed by atoms with Gasteiger partial charge >= 0.3 is 0 Å². The van der Waals surface area contributed by atoms with Crippen molar-refractivity contribution in [2.24, 2.45) is 5.10 Å². The fourth-order valence-electron chi connectivity index (χ4n) is 2.17. The first-order valence-electron chi connectivity index (χ1n) is 8.13. The number of phenols is 1. The topological polar surface area (TPSA) is 70.9 Å². The Labute approximate surface area is 166 Å². The van der Waals surface area contributed by atoms with E-state index in [0.717, 1.165) is 6.42 Å². The second-order valence-corrected chi connectivity index (χ2v) is 7.11. The van der Waals surface area contributed by atoms with Crippen LogP contribution in [-0.2, 0) is 4.79 Å². The van der Waals surface area contributed by atoms with Crippen LogP contribution in [0.25, 0.3) is 0 Å². The van der Waals surface area contributed by atoms with Gasteiger partial charge in [0.1, 0.15) is 11.5 Å². The third kappa shape index (κ3) is 5.75. The average Bonchev–Trinajstić information content (AvgIpc) is 2.63. The van der Waals surface area contributed by atoms with E-state index < -0.39 is 5.91 Å². The maximum atomic E-state index is 11.8. The molecule has 0 aliphatic carbocycles. The summed E-state index contributed by atoms with van der Waals surface area (Å²) < 4.78 is 6.13. The van der Waals surface area contributed by atoms with Gasteiger partial charge in [-0.05, 0) is 42.2 Å². The van der Waals surface area contributed by atoms with Crippen LogP contribution >= 0.6 is 27.5 Å². The number of nitrogens with zero attached hydrogens (tertiary/aromatic N) is 1. The zero-order valence-corrected chi connectivity index (χ0v) is 16.8. The van der Waals surface area contributed by atoms with Crippen molar-refractivity contribution in [2.45, 2.75) is 26.2 Å². The molecule has 2 N–H and O–H groups in total. The summed E-state index contributed by atoms with van der Waals surface area (Å²) in [6.07, 6.45) is 2.38. The first kappa shape index (κ1) is 20.3. The third-order valence-corrected chi connectivity index (χ3v) is 4.63. The zero-order valence-electron chi connectivity index (χ0n) is 14.5. The average molecular weight is 440 g/mol. The lowest BCUT2D eigenvalue weighted by Crippen LogP contribution is -2.24. The van der Waals surface area contributed by atoms with Crippen LogP contribution in [0.15, 0.2) is 46.0 Å². The normalized spacial score (nSPS) is 12.2. The van der Waals surface area contributed by atoms with Crippen LogP contribution in [0, 0.1) is 0 Å². The molecule has 5 nitrogen and oxygen atoms in total. The zero-order chi connectivity index (χ0) is 19.1. The van der Waals surface area contributed by atoms with Crippen molar-refractivity contribution in [2.75, 3.05) is 6.61 Å². The highest BCUT2D eigenvalue weighted by molar-refractivity contribution is 9.10. The number of hydrogen-bond acceptors (Lipinski definition) is 4. The summed E-state index contributed by atoms with van der Waals surface area (Å²) in [6.45, 7) is 4.14. The Hall–Kier alpha value is -2.05. The van der Waals surface area contributed by atoms with Crippen molar-refractivity contribution in [1.82, 2.24) is 5.43 Å². The van der Waals surface area contributed by atoms with Gasteiger partial charge in [0.2, 0.25) is 0 Å². The molecule has 0 radical (unpaired) electrons. The molecule has 0 spiro atoms. The number of ether oxygens (including phenoxy) is 1. The first-order chi connectivity index (χ1) is 12.4. The van der Waals surface area contributed by atoms with Gasteiger partial charge in [-0.1, -0.05) is 53.5 Å². The Bertz CT molecular complexity index is 794. The molecule has 2 rings (SSSR count). The van der Waals surface area contributed by atoms with Crippen LogP contribution in [0.2, 0.25) is 5.02 Å². The standard InChI is InChI=1S/C19H20BrClN2O3/c1-3-12(2)13-4-6-16(7-5-13)26-11-18(24)23-22-10-14-8-15(20)9-17(21)19(14)25/h4-10,12,25H,3,11H2,1-2H3,(H,23,24)/b22-10+/t12-/m1/s1. The minimum Gasteiger partial charge on any atom is -0.506 e. The highest BCUT2D eigenvalue weighted by Crippen LogP contribution is 2.30. The number of amides is 1. The highest BCUT2D eigenvalue weighted by Gasteiger charge is 2.07. The predicted octanol–water partition coefficient (Wildman–Crippen LogP) is 4.85. The van der Waals surface area contributed by atoms with Crippen LogP contribution in [0.1, 0.15) is 37.3 Å². The van der Waals surface area contributed by atoms with Gasteiger partial charge in [0.25, 0.3) is 5.91 Å². The van der Waals surface area contributed by atoms with Gasteiger partial charge in [-0.3, -0.25) is 4.79 Å². The van der Waals surface area contributed by atoms with Crippen LogP contribution in [0.3, 0.4) is 0 Å². The van der Waals surface area contributed by atoms with E-state index in [1.807, 2.05) is 24.3 Å². The maximum absolute atomic E-state index is 11.8. The van der Waals surface area contributed by atoms with Gasteiger partial charge < -0.3 is 9.84 Å². The van der Waals surface area contributed by atoms with E-state index in [0.29, 0.717) is 21.7 Å². The molecular formula is C19H20BrClN2O3. The van der Waals surface area contributed by atoms with E-state index in [-0.39, 0.29) is 17.4 Å². The van der Waals surface area contributed by atoms with Crippen LogP contribution in [0.4, 0.5) is 0 Å². The van der Waals surface area contributed by atoms with Crippen LogP contribution in [0.5, 0.6) is 11.5 Å². The first-order valence-corrected chi connectivity index (χ1v) is 9.30. The molecule has 26 heavy (non-hydrogen) atoms. The Morgan fingerprint density at radius 2 is 2.08 bits per heavy atom. The summed E-state index contributed by atoms with van der Waals surface area (Å²) in [6, 6.07) is 10.9. The van der Waals surface area contributed by atoms with Crippen LogP contribution < -0.4 is 10.2 Å². The molecule has 7 heteroatoms. The number of carbonyl (C=O) groups is 1. The Kier molecular flexibility index (Phi) is 7.48. The molecule has 0 bridgehead atoms. The molecule has 0 saturated carbocycles. The second kappa shape index (κ2) is 9.59.